The summed E-state index contributed by atoms with van der Waals surface area (Å²) >= 11 is 0. The van der Waals surface area contributed by atoms with Gasteiger partial charge in [-0.15, -0.1) is 0 Å². The fraction of sp³-hybridized carbons (Fsp3) is 1.00. The largest absolute Gasteiger partial charge is 0.317 e. The molecular weight excluding hydrogens is 246 g/mol. The highest BCUT2D eigenvalue weighted by atomic mass is 15.2. The summed E-state index contributed by atoms with van der Waals surface area (Å²) in [4.78, 5) is 5.59. The van der Waals surface area contributed by atoms with Crippen molar-refractivity contribution in [2.45, 2.75) is 64.0 Å². The lowest BCUT2D eigenvalue weighted by Crippen LogP contribution is -2.43. The third-order valence-electron chi connectivity index (χ3n) is 5.65. The van der Waals surface area contributed by atoms with E-state index in [1.165, 1.54) is 84.2 Å². The van der Waals surface area contributed by atoms with Crippen LogP contribution in [0, 0.1) is 5.92 Å². The first-order chi connectivity index (χ1) is 9.86. The lowest BCUT2D eigenvalue weighted by molar-refractivity contribution is 0.130. The first-order valence-corrected chi connectivity index (χ1v) is 9.05. The normalized spacial score (nSPS) is 30.6. The van der Waals surface area contributed by atoms with Crippen LogP contribution in [0.25, 0.3) is 0 Å². The van der Waals surface area contributed by atoms with E-state index in [1.54, 1.807) is 0 Å². The highest BCUT2D eigenvalue weighted by Crippen LogP contribution is 2.33. The summed E-state index contributed by atoms with van der Waals surface area (Å²) in [5.74, 6) is 0.961. The maximum Gasteiger partial charge on any atom is 0.0111 e. The van der Waals surface area contributed by atoms with Crippen LogP contribution < -0.4 is 5.32 Å². The monoisotopic (exact) mass is 279 g/mol. The second-order valence-electron chi connectivity index (χ2n) is 7.14. The van der Waals surface area contributed by atoms with Crippen LogP contribution in [-0.2, 0) is 0 Å². The first-order valence-electron chi connectivity index (χ1n) is 9.05. The van der Waals surface area contributed by atoms with E-state index in [0.29, 0.717) is 0 Å². The van der Waals surface area contributed by atoms with E-state index < -0.39 is 0 Å². The van der Waals surface area contributed by atoms with Gasteiger partial charge in [0.1, 0.15) is 0 Å². The van der Waals surface area contributed by atoms with Gasteiger partial charge >= 0.3 is 0 Å². The molecule has 116 valence electrons. The minimum Gasteiger partial charge on any atom is -0.317 e. The summed E-state index contributed by atoms with van der Waals surface area (Å²) in [7, 11) is 0. The predicted octanol–water partition coefficient (Wildman–Crippen LogP) is 2.32. The van der Waals surface area contributed by atoms with Gasteiger partial charge in [0.15, 0.2) is 0 Å². The molecular formula is C17H33N3. The van der Waals surface area contributed by atoms with Gasteiger partial charge in [0.2, 0.25) is 0 Å². The second kappa shape index (κ2) is 7.24. The number of hydrogen-bond donors (Lipinski definition) is 1. The van der Waals surface area contributed by atoms with E-state index in [2.05, 4.69) is 22.0 Å². The Morgan fingerprint density at radius 3 is 2.40 bits per heavy atom. The molecule has 1 atom stereocenters. The maximum atomic E-state index is 3.51. The van der Waals surface area contributed by atoms with Gasteiger partial charge in [-0.2, -0.15) is 0 Å². The van der Waals surface area contributed by atoms with Crippen LogP contribution in [0.3, 0.4) is 0 Å². The van der Waals surface area contributed by atoms with Gasteiger partial charge in [0.25, 0.3) is 0 Å². The highest BCUT2D eigenvalue weighted by molar-refractivity contribution is 4.91. The number of hydrogen-bond acceptors (Lipinski definition) is 3. The van der Waals surface area contributed by atoms with Crippen molar-refractivity contribution in [2.75, 3.05) is 39.3 Å². The Morgan fingerprint density at radius 2 is 1.70 bits per heavy atom. The van der Waals surface area contributed by atoms with Gasteiger partial charge in [-0.25, -0.2) is 0 Å². The van der Waals surface area contributed by atoms with Gasteiger partial charge in [-0.1, -0.05) is 6.92 Å². The van der Waals surface area contributed by atoms with Crippen molar-refractivity contribution in [1.29, 1.82) is 0 Å². The minimum absolute atomic E-state index is 0.883. The Hall–Kier alpha value is -0.120. The Kier molecular flexibility index (Phi) is 5.36. The molecule has 1 unspecified atom stereocenters. The molecule has 20 heavy (non-hydrogen) atoms. The molecule has 0 aromatic heterocycles. The molecule has 0 radical (unpaired) electrons. The van der Waals surface area contributed by atoms with Crippen molar-refractivity contribution < 1.29 is 0 Å². The van der Waals surface area contributed by atoms with E-state index >= 15 is 0 Å². The molecule has 0 spiro atoms. The molecule has 3 aliphatic rings. The molecule has 3 fully saturated rings. The van der Waals surface area contributed by atoms with Crippen molar-refractivity contribution in [3.63, 3.8) is 0 Å². The quantitative estimate of drug-likeness (QED) is 0.833. The fourth-order valence-corrected chi connectivity index (χ4v) is 4.15. The average molecular weight is 279 g/mol. The minimum atomic E-state index is 0.883. The summed E-state index contributed by atoms with van der Waals surface area (Å²) < 4.78 is 0. The summed E-state index contributed by atoms with van der Waals surface area (Å²) in [6.07, 6.45) is 10.0. The molecule has 0 bridgehead atoms. The Labute approximate surface area is 125 Å². The van der Waals surface area contributed by atoms with Crippen LogP contribution in [0.2, 0.25) is 0 Å². The maximum absolute atomic E-state index is 3.51. The standard InChI is InChI=1S/C17H33N3/c1-2-19-12-3-4-16(9-13-19)20(17-5-6-17)14-15-7-10-18-11-8-15/h15-18H,2-14H2,1H3. The van der Waals surface area contributed by atoms with Crippen LogP contribution in [0.4, 0.5) is 0 Å². The van der Waals surface area contributed by atoms with Gasteiger partial charge in [-0.05, 0) is 83.6 Å². The summed E-state index contributed by atoms with van der Waals surface area (Å²) in [6.45, 7) is 10.1. The van der Waals surface area contributed by atoms with E-state index in [9.17, 15) is 0 Å². The average Bonchev–Trinajstić information content (AvgIpc) is 3.33. The first kappa shape index (κ1) is 14.8. The smallest absolute Gasteiger partial charge is 0.0111 e. The molecule has 0 amide bonds. The zero-order chi connectivity index (χ0) is 13.8. The number of rotatable bonds is 5. The molecule has 3 heteroatoms. The molecule has 3 rings (SSSR count). The molecule has 2 aliphatic heterocycles. The van der Waals surface area contributed by atoms with Crippen LogP contribution in [0.1, 0.15) is 51.9 Å². The number of nitrogens with one attached hydrogen (secondary N) is 1. The zero-order valence-electron chi connectivity index (χ0n) is 13.3. The highest BCUT2D eigenvalue weighted by Gasteiger charge is 2.35. The molecule has 1 saturated carbocycles. The lowest BCUT2D eigenvalue weighted by Gasteiger charge is -2.36. The summed E-state index contributed by atoms with van der Waals surface area (Å²) in [5, 5.41) is 3.51. The number of piperidine rings is 1. The van der Waals surface area contributed by atoms with Gasteiger partial charge in [-0.3, -0.25) is 4.90 Å². The molecule has 1 aliphatic carbocycles. The van der Waals surface area contributed by atoms with Crippen molar-refractivity contribution in [3.05, 3.63) is 0 Å². The van der Waals surface area contributed by atoms with Gasteiger partial charge in [0.05, 0.1) is 0 Å². The Bertz CT molecular complexity index is 284. The predicted molar refractivity (Wildman–Crippen MR) is 85.1 cm³/mol. The lowest BCUT2D eigenvalue weighted by atomic mass is 9.95. The van der Waals surface area contributed by atoms with Crippen molar-refractivity contribution >= 4 is 0 Å². The van der Waals surface area contributed by atoms with Gasteiger partial charge in [0, 0.05) is 18.6 Å². The van der Waals surface area contributed by atoms with E-state index in [0.717, 1.165) is 18.0 Å². The second-order valence-corrected chi connectivity index (χ2v) is 7.14. The topological polar surface area (TPSA) is 18.5 Å². The molecule has 2 saturated heterocycles. The molecule has 1 N–H and O–H groups in total. The van der Waals surface area contributed by atoms with Crippen LogP contribution >= 0.6 is 0 Å². The van der Waals surface area contributed by atoms with Crippen molar-refractivity contribution in [2.24, 2.45) is 5.92 Å². The SMILES string of the molecule is CCN1CCCC(N(CC2CCNCC2)C2CC2)CC1. The van der Waals surface area contributed by atoms with E-state index in [1.807, 2.05) is 0 Å². The summed E-state index contributed by atoms with van der Waals surface area (Å²) in [6, 6.07) is 1.83. The van der Waals surface area contributed by atoms with Crippen LogP contribution in [-0.4, -0.2) is 61.2 Å². The molecule has 0 aromatic carbocycles. The van der Waals surface area contributed by atoms with Gasteiger partial charge < -0.3 is 10.2 Å². The molecule has 0 aromatic rings. The molecule has 2 heterocycles. The number of nitrogens with zero attached hydrogens (tertiary/aromatic N) is 2. The summed E-state index contributed by atoms with van der Waals surface area (Å²) in [5.41, 5.74) is 0. The van der Waals surface area contributed by atoms with E-state index in [-0.39, 0.29) is 0 Å². The van der Waals surface area contributed by atoms with E-state index in [4.69, 9.17) is 0 Å². The Balaban J connectivity index is 1.55. The Morgan fingerprint density at radius 1 is 0.950 bits per heavy atom. The third kappa shape index (κ3) is 3.96. The third-order valence-corrected chi connectivity index (χ3v) is 5.65. The zero-order valence-corrected chi connectivity index (χ0v) is 13.3. The number of likely N-dealkylation sites (tertiary alicyclic amines) is 1. The van der Waals surface area contributed by atoms with Crippen LogP contribution in [0.15, 0.2) is 0 Å². The van der Waals surface area contributed by atoms with Crippen molar-refractivity contribution in [1.82, 2.24) is 15.1 Å². The molecule has 3 nitrogen and oxygen atoms in total. The van der Waals surface area contributed by atoms with Crippen molar-refractivity contribution in [3.8, 4) is 0 Å². The van der Waals surface area contributed by atoms with Crippen LogP contribution in [0.5, 0.6) is 0 Å². The fourth-order valence-electron chi connectivity index (χ4n) is 4.15.